The minimum Gasteiger partial charge on any atom is -0.488 e. The van der Waals surface area contributed by atoms with Crippen molar-refractivity contribution in [2.75, 3.05) is 6.54 Å². The van der Waals surface area contributed by atoms with E-state index in [1.165, 1.54) is 12.1 Å². The molecule has 0 fully saturated rings. The lowest BCUT2D eigenvalue weighted by Gasteiger charge is -2.13. The van der Waals surface area contributed by atoms with E-state index < -0.39 is 15.9 Å². The molecule has 0 saturated carbocycles. The summed E-state index contributed by atoms with van der Waals surface area (Å²) in [5.41, 5.74) is 7.17. The summed E-state index contributed by atoms with van der Waals surface area (Å²) in [6.07, 6.45) is 0.400. The quantitative estimate of drug-likeness (QED) is 0.854. The zero-order valence-corrected chi connectivity index (χ0v) is 14.0. The number of para-hydroxylation sites is 1. The largest absolute Gasteiger partial charge is 0.488 e. The fraction of sp³-hybridized carbons (Fsp3) is 0.235. The number of carbonyl (C=O) groups excluding carboxylic acids is 1. The third-order valence-electron chi connectivity index (χ3n) is 4.00. The van der Waals surface area contributed by atoms with Gasteiger partial charge in [-0.2, -0.15) is 0 Å². The molecule has 0 bridgehead atoms. The molecule has 1 aliphatic heterocycles. The molecule has 6 nitrogen and oxygen atoms in total. The lowest BCUT2D eigenvalue weighted by Crippen LogP contribution is -2.34. The van der Waals surface area contributed by atoms with E-state index in [2.05, 4.69) is 4.72 Å². The molecule has 0 saturated heterocycles. The average molecular weight is 346 g/mol. The zero-order valence-electron chi connectivity index (χ0n) is 13.2. The first kappa shape index (κ1) is 16.5. The van der Waals surface area contributed by atoms with Crippen LogP contribution in [0.15, 0.2) is 47.4 Å². The Morgan fingerprint density at radius 2 is 2.04 bits per heavy atom. The zero-order chi connectivity index (χ0) is 17.3. The molecule has 0 spiro atoms. The van der Waals surface area contributed by atoms with Crippen molar-refractivity contribution in [1.82, 2.24) is 4.72 Å². The molecule has 3 N–H and O–H groups in total. The first-order valence-corrected chi connectivity index (χ1v) is 9.00. The molecule has 1 atom stereocenters. The number of amides is 1. The number of carbonyl (C=O) groups is 1. The minimum absolute atomic E-state index is 0.0115. The third kappa shape index (κ3) is 3.27. The van der Waals surface area contributed by atoms with Gasteiger partial charge in [0.2, 0.25) is 15.9 Å². The van der Waals surface area contributed by atoms with Crippen molar-refractivity contribution in [2.24, 2.45) is 5.73 Å². The maximum absolute atomic E-state index is 12.4. The molecule has 0 aliphatic carbocycles. The van der Waals surface area contributed by atoms with Crippen molar-refractivity contribution in [2.45, 2.75) is 24.3 Å². The summed E-state index contributed by atoms with van der Waals surface area (Å²) in [6, 6.07) is 11.9. The Morgan fingerprint density at radius 3 is 2.75 bits per heavy atom. The molecular formula is C17H18N2O4S. The van der Waals surface area contributed by atoms with Crippen LogP contribution < -0.4 is 15.2 Å². The van der Waals surface area contributed by atoms with E-state index in [4.69, 9.17) is 10.5 Å². The van der Waals surface area contributed by atoms with Gasteiger partial charge in [0, 0.05) is 18.5 Å². The summed E-state index contributed by atoms with van der Waals surface area (Å²) < 4.78 is 33.1. The predicted octanol–water partition coefficient (Wildman–Crippen LogP) is 1.38. The molecular weight excluding hydrogens is 328 g/mol. The second-order valence-electron chi connectivity index (χ2n) is 5.74. The Hall–Kier alpha value is -2.38. The van der Waals surface area contributed by atoms with E-state index >= 15 is 0 Å². The summed E-state index contributed by atoms with van der Waals surface area (Å²) in [4.78, 5) is 11.4. The fourth-order valence-electron chi connectivity index (χ4n) is 2.69. The highest BCUT2D eigenvalue weighted by molar-refractivity contribution is 7.89. The second kappa shape index (κ2) is 6.26. The number of primary amides is 1. The van der Waals surface area contributed by atoms with Crippen LogP contribution in [-0.4, -0.2) is 27.0 Å². The van der Waals surface area contributed by atoms with Crippen molar-refractivity contribution in [1.29, 1.82) is 0 Å². The van der Waals surface area contributed by atoms with Gasteiger partial charge in [0.25, 0.3) is 0 Å². The minimum atomic E-state index is -3.75. The van der Waals surface area contributed by atoms with Crippen LogP contribution >= 0.6 is 0 Å². The maximum Gasteiger partial charge on any atom is 0.249 e. The number of sulfonamides is 1. The highest BCUT2D eigenvalue weighted by Gasteiger charge is 2.25. The molecule has 0 aromatic heterocycles. The average Bonchev–Trinajstić information content (AvgIpc) is 2.96. The summed E-state index contributed by atoms with van der Waals surface area (Å²) >= 11 is 0. The number of hydrogen-bond donors (Lipinski definition) is 2. The maximum atomic E-state index is 12.4. The van der Waals surface area contributed by atoms with Crippen molar-refractivity contribution < 1.29 is 17.9 Å². The van der Waals surface area contributed by atoms with E-state index in [1.807, 2.05) is 24.3 Å². The number of aryl methyl sites for hydroxylation is 1. The van der Waals surface area contributed by atoms with Gasteiger partial charge < -0.3 is 10.5 Å². The Bertz CT molecular complexity index is 868. The fourth-order valence-corrected chi connectivity index (χ4v) is 3.78. The SMILES string of the molecule is Cc1ccc(S(=O)(=O)NCC2Cc3ccccc3O2)cc1C(N)=O. The summed E-state index contributed by atoms with van der Waals surface area (Å²) in [6.45, 7) is 1.85. The van der Waals surface area contributed by atoms with Gasteiger partial charge in [0.15, 0.2) is 0 Å². The molecule has 2 aromatic carbocycles. The van der Waals surface area contributed by atoms with E-state index in [-0.39, 0.29) is 23.1 Å². The van der Waals surface area contributed by atoms with Crippen LogP contribution in [0.4, 0.5) is 0 Å². The van der Waals surface area contributed by atoms with Gasteiger partial charge in [-0.15, -0.1) is 0 Å². The van der Waals surface area contributed by atoms with Crippen LogP contribution in [0.3, 0.4) is 0 Å². The van der Waals surface area contributed by atoms with Crippen LogP contribution in [0.5, 0.6) is 5.75 Å². The highest BCUT2D eigenvalue weighted by Crippen LogP contribution is 2.28. The normalized spacial score (nSPS) is 16.5. The van der Waals surface area contributed by atoms with Crippen molar-refractivity contribution in [3.05, 3.63) is 59.2 Å². The van der Waals surface area contributed by atoms with Crippen LogP contribution in [0.25, 0.3) is 0 Å². The van der Waals surface area contributed by atoms with E-state index in [0.717, 1.165) is 11.3 Å². The van der Waals surface area contributed by atoms with Crippen LogP contribution in [-0.2, 0) is 16.4 Å². The number of fused-ring (bicyclic) bond motifs is 1. The van der Waals surface area contributed by atoms with Gasteiger partial charge in [0.1, 0.15) is 11.9 Å². The van der Waals surface area contributed by atoms with Gasteiger partial charge in [-0.3, -0.25) is 4.79 Å². The van der Waals surface area contributed by atoms with E-state index in [1.54, 1.807) is 13.0 Å². The Balaban J connectivity index is 1.71. The van der Waals surface area contributed by atoms with E-state index in [9.17, 15) is 13.2 Å². The first-order chi connectivity index (χ1) is 11.4. The smallest absolute Gasteiger partial charge is 0.249 e. The molecule has 1 aliphatic rings. The third-order valence-corrected chi connectivity index (χ3v) is 5.42. The van der Waals surface area contributed by atoms with Gasteiger partial charge >= 0.3 is 0 Å². The van der Waals surface area contributed by atoms with Crippen LogP contribution in [0, 0.1) is 6.92 Å². The molecule has 0 radical (unpaired) electrons. The Kier molecular flexibility index (Phi) is 4.29. The summed E-state index contributed by atoms with van der Waals surface area (Å²) in [5, 5.41) is 0. The van der Waals surface area contributed by atoms with Gasteiger partial charge in [-0.1, -0.05) is 24.3 Å². The van der Waals surface area contributed by atoms with Crippen LogP contribution in [0.1, 0.15) is 21.5 Å². The van der Waals surface area contributed by atoms with E-state index in [0.29, 0.717) is 12.0 Å². The molecule has 7 heteroatoms. The topological polar surface area (TPSA) is 98.5 Å². The highest BCUT2D eigenvalue weighted by atomic mass is 32.2. The number of nitrogens with one attached hydrogen (secondary N) is 1. The van der Waals surface area contributed by atoms with Gasteiger partial charge in [-0.25, -0.2) is 13.1 Å². The molecule has 126 valence electrons. The van der Waals surface area contributed by atoms with Crippen LogP contribution in [0.2, 0.25) is 0 Å². The first-order valence-electron chi connectivity index (χ1n) is 7.51. The lowest BCUT2D eigenvalue weighted by atomic mass is 10.1. The number of benzene rings is 2. The predicted molar refractivity (Wildman–Crippen MR) is 89.4 cm³/mol. The molecule has 1 heterocycles. The molecule has 3 rings (SSSR count). The number of nitrogens with two attached hydrogens (primary N) is 1. The lowest BCUT2D eigenvalue weighted by molar-refractivity contribution is 0.0999. The Labute approximate surface area is 140 Å². The molecule has 1 amide bonds. The van der Waals surface area contributed by atoms with Gasteiger partial charge in [0.05, 0.1) is 4.90 Å². The number of hydrogen-bond acceptors (Lipinski definition) is 4. The summed E-state index contributed by atoms with van der Waals surface area (Å²) in [5.74, 6) is 0.132. The summed E-state index contributed by atoms with van der Waals surface area (Å²) in [7, 11) is -3.75. The number of ether oxygens (including phenoxy) is 1. The Morgan fingerprint density at radius 1 is 1.29 bits per heavy atom. The molecule has 2 aromatic rings. The second-order valence-corrected chi connectivity index (χ2v) is 7.51. The van der Waals surface area contributed by atoms with Crippen molar-refractivity contribution in [3.8, 4) is 5.75 Å². The van der Waals surface area contributed by atoms with Gasteiger partial charge in [-0.05, 0) is 36.2 Å². The molecule has 1 unspecified atom stereocenters. The monoisotopic (exact) mass is 346 g/mol. The standard InChI is InChI=1S/C17H18N2O4S/c1-11-6-7-14(9-15(11)17(18)20)24(21,22)19-10-13-8-12-4-2-3-5-16(12)23-13/h2-7,9,13,19H,8,10H2,1H3,(H2,18,20). The molecule has 24 heavy (non-hydrogen) atoms. The number of rotatable bonds is 5. The van der Waals surface area contributed by atoms with Crippen molar-refractivity contribution >= 4 is 15.9 Å². The van der Waals surface area contributed by atoms with Crippen molar-refractivity contribution in [3.63, 3.8) is 0 Å².